The highest BCUT2D eigenvalue weighted by molar-refractivity contribution is 9.10. The second-order valence-corrected chi connectivity index (χ2v) is 5.66. The van der Waals surface area contributed by atoms with Gasteiger partial charge in [0.2, 0.25) is 5.91 Å². The second-order valence-electron chi connectivity index (χ2n) is 4.87. The number of halogens is 1. The van der Waals surface area contributed by atoms with Crippen molar-refractivity contribution >= 4 is 21.8 Å². The van der Waals surface area contributed by atoms with Crippen molar-refractivity contribution < 1.29 is 4.79 Å². The maximum absolute atomic E-state index is 11.8. The van der Waals surface area contributed by atoms with Crippen LogP contribution in [0.4, 0.5) is 0 Å². The van der Waals surface area contributed by atoms with E-state index < -0.39 is 0 Å². The molecule has 0 aliphatic heterocycles. The van der Waals surface area contributed by atoms with E-state index in [0.717, 1.165) is 41.7 Å². The van der Waals surface area contributed by atoms with Gasteiger partial charge in [0.25, 0.3) is 0 Å². The molecular weight excluding hydrogens is 306 g/mol. The molecule has 0 saturated heterocycles. The molecular formula is C14H24BrN3O. The summed E-state index contributed by atoms with van der Waals surface area (Å²) < 4.78 is 3.07. The van der Waals surface area contributed by atoms with Crippen molar-refractivity contribution in [3.05, 3.63) is 15.9 Å². The number of rotatable bonds is 7. The summed E-state index contributed by atoms with van der Waals surface area (Å²) in [5.41, 5.74) is 2.15. The van der Waals surface area contributed by atoms with Gasteiger partial charge in [0, 0.05) is 24.7 Å². The Labute approximate surface area is 124 Å². The fourth-order valence-corrected chi connectivity index (χ4v) is 2.42. The number of nitrogens with one attached hydrogen (secondary N) is 1. The van der Waals surface area contributed by atoms with Crippen molar-refractivity contribution in [2.45, 2.75) is 53.5 Å². The molecule has 0 bridgehead atoms. The third-order valence-electron chi connectivity index (χ3n) is 3.50. The predicted molar refractivity (Wildman–Crippen MR) is 81.1 cm³/mol. The van der Waals surface area contributed by atoms with E-state index in [-0.39, 0.29) is 11.8 Å². The van der Waals surface area contributed by atoms with E-state index in [4.69, 9.17) is 0 Å². The first-order valence-corrected chi connectivity index (χ1v) is 7.77. The monoisotopic (exact) mass is 329 g/mol. The second kappa shape index (κ2) is 7.68. The number of amides is 1. The molecule has 0 spiro atoms. The largest absolute Gasteiger partial charge is 0.356 e. The minimum Gasteiger partial charge on any atom is -0.356 e. The summed E-state index contributed by atoms with van der Waals surface area (Å²) in [4.78, 5) is 11.8. The van der Waals surface area contributed by atoms with Crippen LogP contribution in [-0.2, 0) is 11.3 Å². The molecule has 0 saturated carbocycles. The van der Waals surface area contributed by atoms with Crippen LogP contribution >= 0.6 is 15.9 Å². The van der Waals surface area contributed by atoms with E-state index in [1.165, 1.54) is 0 Å². The lowest BCUT2D eigenvalue weighted by molar-refractivity contribution is -0.125. The van der Waals surface area contributed by atoms with E-state index in [2.05, 4.69) is 40.2 Å². The van der Waals surface area contributed by atoms with Gasteiger partial charge in [-0.05, 0) is 49.0 Å². The molecule has 0 aliphatic rings. The zero-order valence-corrected chi connectivity index (χ0v) is 13.9. The number of hydrogen-bond acceptors (Lipinski definition) is 2. The number of carbonyl (C=O) groups excluding carboxylic acids is 1. The third kappa shape index (κ3) is 4.34. The minimum absolute atomic E-state index is 0.155. The van der Waals surface area contributed by atoms with Gasteiger partial charge in [-0.2, -0.15) is 5.10 Å². The highest BCUT2D eigenvalue weighted by Gasteiger charge is 2.13. The number of nitrogens with zero attached hydrogens (tertiary/aromatic N) is 2. The molecule has 1 amide bonds. The van der Waals surface area contributed by atoms with Gasteiger partial charge in [-0.1, -0.05) is 13.8 Å². The average Bonchev–Trinajstić information content (AvgIpc) is 2.64. The van der Waals surface area contributed by atoms with Gasteiger partial charge >= 0.3 is 0 Å². The maximum atomic E-state index is 11.8. The van der Waals surface area contributed by atoms with E-state index in [9.17, 15) is 4.79 Å². The lowest BCUT2D eigenvalue weighted by atomic mass is 10.0. The van der Waals surface area contributed by atoms with Crippen molar-refractivity contribution in [3.8, 4) is 0 Å². The smallest absolute Gasteiger partial charge is 0.223 e. The molecule has 1 N–H and O–H groups in total. The number of aromatic nitrogens is 2. The van der Waals surface area contributed by atoms with Crippen molar-refractivity contribution in [1.29, 1.82) is 0 Å². The predicted octanol–water partition coefficient (Wildman–Crippen LogP) is 3.20. The number of aryl methyl sites for hydroxylation is 2. The normalized spacial score (nSPS) is 11.1. The zero-order valence-electron chi connectivity index (χ0n) is 12.3. The van der Waals surface area contributed by atoms with Gasteiger partial charge in [-0.3, -0.25) is 9.48 Å². The molecule has 19 heavy (non-hydrogen) atoms. The quantitative estimate of drug-likeness (QED) is 0.781. The highest BCUT2D eigenvalue weighted by atomic mass is 79.9. The van der Waals surface area contributed by atoms with Gasteiger partial charge in [-0.15, -0.1) is 0 Å². The molecule has 1 aromatic heterocycles. The molecule has 0 fully saturated rings. The molecule has 0 unspecified atom stereocenters. The first kappa shape index (κ1) is 16.2. The zero-order chi connectivity index (χ0) is 14.4. The standard InChI is InChI=1S/C14H24BrN3O/c1-5-12(6-2)14(19)16-8-7-9-18-11(4)13(15)10(3)17-18/h12H,5-9H2,1-4H3,(H,16,19). The highest BCUT2D eigenvalue weighted by Crippen LogP contribution is 2.19. The van der Waals surface area contributed by atoms with Crippen LogP contribution in [0.5, 0.6) is 0 Å². The first-order chi connectivity index (χ1) is 9.01. The maximum Gasteiger partial charge on any atom is 0.223 e. The lowest BCUT2D eigenvalue weighted by Crippen LogP contribution is -2.31. The molecule has 4 nitrogen and oxygen atoms in total. The van der Waals surface area contributed by atoms with E-state index in [1.807, 2.05) is 18.5 Å². The molecule has 5 heteroatoms. The average molecular weight is 330 g/mol. The summed E-state index contributed by atoms with van der Waals surface area (Å²) in [5.74, 6) is 0.336. The van der Waals surface area contributed by atoms with Crippen molar-refractivity contribution in [3.63, 3.8) is 0 Å². The fraction of sp³-hybridized carbons (Fsp3) is 0.714. The molecule has 1 heterocycles. The Morgan fingerprint density at radius 2 is 2.00 bits per heavy atom. The summed E-state index contributed by atoms with van der Waals surface area (Å²) in [7, 11) is 0. The van der Waals surface area contributed by atoms with Gasteiger partial charge in [0.05, 0.1) is 10.2 Å². The van der Waals surface area contributed by atoms with Crippen molar-refractivity contribution in [2.75, 3.05) is 6.54 Å². The number of carbonyl (C=O) groups is 1. The van der Waals surface area contributed by atoms with Gasteiger partial charge in [-0.25, -0.2) is 0 Å². The van der Waals surface area contributed by atoms with Crippen LogP contribution in [0.15, 0.2) is 4.47 Å². The summed E-state index contributed by atoms with van der Waals surface area (Å²) >= 11 is 3.52. The van der Waals surface area contributed by atoms with E-state index in [1.54, 1.807) is 0 Å². The van der Waals surface area contributed by atoms with Gasteiger partial charge in [0.1, 0.15) is 0 Å². The minimum atomic E-state index is 0.155. The molecule has 1 rings (SSSR count). The SMILES string of the molecule is CCC(CC)C(=O)NCCCn1nc(C)c(Br)c1C. The third-order valence-corrected chi connectivity index (χ3v) is 4.64. The van der Waals surface area contributed by atoms with E-state index >= 15 is 0 Å². The summed E-state index contributed by atoms with van der Waals surface area (Å²) in [6, 6.07) is 0. The molecule has 0 aromatic carbocycles. The lowest BCUT2D eigenvalue weighted by Gasteiger charge is -2.12. The van der Waals surface area contributed by atoms with Crippen LogP contribution in [0, 0.1) is 19.8 Å². The summed E-state index contributed by atoms with van der Waals surface area (Å²) in [6.07, 6.45) is 2.72. The van der Waals surface area contributed by atoms with E-state index in [0.29, 0.717) is 6.54 Å². The van der Waals surface area contributed by atoms with Crippen LogP contribution < -0.4 is 5.32 Å². The Kier molecular flexibility index (Phi) is 6.55. The van der Waals surface area contributed by atoms with Crippen LogP contribution in [0.3, 0.4) is 0 Å². The van der Waals surface area contributed by atoms with Gasteiger partial charge in [0.15, 0.2) is 0 Å². The van der Waals surface area contributed by atoms with Crippen LogP contribution in [0.1, 0.15) is 44.5 Å². The van der Waals surface area contributed by atoms with Crippen LogP contribution in [0.25, 0.3) is 0 Å². The molecule has 108 valence electrons. The van der Waals surface area contributed by atoms with Crippen LogP contribution in [0.2, 0.25) is 0 Å². The Morgan fingerprint density at radius 1 is 1.37 bits per heavy atom. The van der Waals surface area contributed by atoms with Gasteiger partial charge < -0.3 is 5.32 Å². The number of hydrogen-bond donors (Lipinski definition) is 1. The Morgan fingerprint density at radius 3 is 2.47 bits per heavy atom. The van der Waals surface area contributed by atoms with Crippen molar-refractivity contribution in [2.24, 2.45) is 5.92 Å². The Hall–Kier alpha value is -0.840. The first-order valence-electron chi connectivity index (χ1n) is 6.98. The molecule has 1 aromatic rings. The fourth-order valence-electron chi connectivity index (χ4n) is 2.14. The van der Waals surface area contributed by atoms with Crippen LogP contribution in [-0.4, -0.2) is 22.2 Å². The van der Waals surface area contributed by atoms with Crippen molar-refractivity contribution in [1.82, 2.24) is 15.1 Å². The Bertz CT molecular complexity index is 425. The molecule has 0 radical (unpaired) electrons. The summed E-state index contributed by atoms with van der Waals surface area (Å²) in [6.45, 7) is 9.70. The molecule has 0 atom stereocenters. The Balaban J connectivity index is 2.35. The topological polar surface area (TPSA) is 46.9 Å². The summed E-state index contributed by atoms with van der Waals surface area (Å²) in [5, 5.41) is 7.45. The molecule has 0 aliphatic carbocycles.